The highest BCUT2D eigenvalue weighted by Crippen LogP contribution is 2.54. The summed E-state index contributed by atoms with van der Waals surface area (Å²) < 4.78 is 8.87. The molecule has 0 aliphatic heterocycles. The molecule has 0 N–H and O–H groups in total. The van der Waals surface area contributed by atoms with E-state index in [-0.39, 0.29) is 5.41 Å². The Balaban J connectivity index is 1.26. The fraction of sp³-hybridized carbons (Fsp3) is 0.0698. The zero-order chi connectivity index (χ0) is 30.6. The van der Waals surface area contributed by atoms with E-state index in [0.29, 0.717) is 0 Å². The topological polar surface area (TPSA) is 16.4 Å². The SMILES string of the molecule is CC1(C)c2ccccc2-c2c(N(c3ccc4c(ccc5oc6ccccc6c54)c3)c3ccc4sc5ccccc5c4c3)cccc21. The quantitative estimate of drug-likeness (QED) is 0.199. The summed E-state index contributed by atoms with van der Waals surface area (Å²) in [6, 6.07) is 51.1. The highest BCUT2D eigenvalue weighted by molar-refractivity contribution is 7.25. The van der Waals surface area contributed by atoms with E-state index in [1.165, 1.54) is 64.3 Å². The molecule has 0 spiro atoms. The summed E-state index contributed by atoms with van der Waals surface area (Å²) in [5, 5.41) is 7.33. The predicted octanol–water partition coefficient (Wildman–Crippen LogP) is 12.9. The zero-order valence-electron chi connectivity index (χ0n) is 25.5. The molecule has 0 atom stereocenters. The van der Waals surface area contributed by atoms with Crippen molar-refractivity contribution in [2.45, 2.75) is 19.3 Å². The Kier molecular flexibility index (Phi) is 5.25. The number of nitrogens with zero attached hydrogens (tertiary/aromatic N) is 1. The van der Waals surface area contributed by atoms with Gasteiger partial charge in [0, 0.05) is 53.3 Å². The second-order valence-electron chi connectivity index (χ2n) is 12.9. The molecule has 0 fully saturated rings. The molecule has 10 rings (SSSR count). The molecule has 1 aliphatic carbocycles. The molecule has 7 aromatic carbocycles. The molecule has 218 valence electrons. The highest BCUT2D eigenvalue weighted by atomic mass is 32.1. The minimum atomic E-state index is -0.0849. The van der Waals surface area contributed by atoms with Crippen LogP contribution in [0.2, 0.25) is 0 Å². The van der Waals surface area contributed by atoms with Crippen molar-refractivity contribution in [2.24, 2.45) is 0 Å². The maximum atomic E-state index is 6.24. The van der Waals surface area contributed by atoms with E-state index < -0.39 is 0 Å². The van der Waals surface area contributed by atoms with Crippen LogP contribution in [-0.4, -0.2) is 0 Å². The van der Waals surface area contributed by atoms with Crippen LogP contribution in [0.1, 0.15) is 25.0 Å². The normalized spacial score (nSPS) is 13.6. The number of hydrogen-bond acceptors (Lipinski definition) is 3. The van der Waals surface area contributed by atoms with Crippen LogP contribution in [0.5, 0.6) is 0 Å². The van der Waals surface area contributed by atoms with Crippen LogP contribution in [0.15, 0.2) is 144 Å². The van der Waals surface area contributed by atoms with Crippen molar-refractivity contribution in [1.29, 1.82) is 0 Å². The molecule has 9 aromatic rings. The number of para-hydroxylation sites is 1. The van der Waals surface area contributed by atoms with Crippen LogP contribution in [0.3, 0.4) is 0 Å². The zero-order valence-corrected chi connectivity index (χ0v) is 26.4. The minimum Gasteiger partial charge on any atom is -0.456 e. The summed E-state index contributed by atoms with van der Waals surface area (Å²) in [6.45, 7) is 4.71. The van der Waals surface area contributed by atoms with Gasteiger partial charge in [0.15, 0.2) is 0 Å². The van der Waals surface area contributed by atoms with Crippen molar-refractivity contribution >= 4 is 81.3 Å². The number of benzene rings is 7. The Morgan fingerprint density at radius 2 is 1.28 bits per heavy atom. The van der Waals surface area contributed by atoms with Crippen molar-refractivity contribution in [3.8, 4) is 11.1 Å². The largest absolute Gasteiger partial charge is 0.456 e. The molecular formula is C43H29NOS. The third-order valence-electron chi connectivity index (χ3n) is 10.0. The average molecular weight is 608 g/mol. The van der Waals surface area contributed by atoms with Crippen LogP contribution in [-0.2, 0) is 5.41 Å². The molecule has 2 heterocycles. The first-order valence-electron chi connectivity index (χ1n) is 15.9. The Bertz CT molecular complexity index is 2690. The van der Waals surface area contributed by atoms with E-state index in [1.54, 1.807) is 0 Å². The molecule has 2 aromatic heterocycles. The van der Waals surface area contributed by atoms with Gasteiger partial charge in [-0.25, -0.2) is 0 Å². The minimum absolute atomic E-state index is 0.0849. The maximum Gasteiger partial charge on any atom is 0.136 e. The standard InChI is InChI=1S/C43H29NOS/c1-43(2)34-13-6-3-11-31(34)42-35(43)14-9-15-36(42)44(28-20-23-40-33(25-28)30-10-5-8-17-39(30)46-40)27-19-21-29-26(24-27)18-22-38-41(29)32-12-4-7-16-37(32)45-38/h3-25H,1-2H3. The van der Waals surface area contributed by atoms with Gasteiger partial charge in [-0.15, -0.1) is 11.3 Å². The second-order valence-corrected chi connectivity index (χ2v) is 14.0. The number of hydrogen-bond donors (Lipinski definition) is 0. The third kappa shape index (κ3) is 3.52. The summed E-state index contributed by atoms with van der Waals surface area (Å²) in [5.41, 5.74) is 10.6. The number of fused-ring (bicyclic) bond motifs is 11. The van der Waals surface area contributed by atoms with Gasteiger partial charge in [-0.1, -0.05) is 98.8 Å². The van der Waals surface area contributed by atoms with Crippen molar-refractivity contribution < 1.29 is 4.42 Å². The van der Waals surface area contributed by atoms with E-state index in [9.17, 15) is 0 Å². The number of thiophene rings is 1. The molecule has 46 heavy (non-hydrogen) atoms. The maximum absolute atomic E-state index is 6.24. The first-order chi connectivity index (χ1) is 22.6. The van der Waals surface area contributed by atoms with E-state index >= 15 is 0 Å². The Labute approximate surface area is 270 Å². The molecule has 0 bridgehead atoms. The van der Waals surface area contributed by atoms with Gasteiger partial charge < -0.3 is 9.32 Å². The summed E-state index contributed by atoms with van der Waals surface area (Å²) in [7, 11) is 0. The van der Waals surface area contributed by atoms with E-state index in [0.717, 1.165) is 27.9 Å². The molecule has 3 heteroatoms. The number of rotatable bonds is 3. The van der Waals surface area contributed by atoms with Gasteiger partial charge >= 0.3 is 0 Å². The molecule has 2 nitrogen and oxygen atoms in total. The lowest BCUT2D eigenvalue weighted by molar-refractivity contribution is 0.660. The molecule has 0 saturated heterocycles. The van der Waals surface area contributed by atoms with Gasteiger partial charge in [-0.05, 0) is 82.1 Å². The van der Waals surface area contributed by atoms with Crippen LogP contribution >= 0.6 is 11.3 Å². The van der Waals surface area contributed by atoms with Crippen molar-refractivity contribution in [3.63, 3.8) is 0 Å². The summed E-state index contributed by atoms with van der Waals surface area (Å²) in [4.78, 5) is 2.47. The van der Waals surface area contributed by atoms with Crippen LogP contribution < -0.4 is 4.90 Å². The third-order valence-corrected chi connectivity index (χ3v) is 11.2. The Hall–Kier alpha value is -5.38. The fourth-order valence-corrected chi connectivity index (χ4v) is 8.97. The van der Waals surface area contributed by atoms with Gasteiger partial charge in [0.2, 0.25) is 0 Å². The van der Waals surface area contributed by atoms with Crippen molar-refractivity contribution in [3.05, 3.63) is 151 Å². The smallest absolute Gasteiger partial charge is 0.136 e. The van der Waals surface area contributed by atoms with Crippen LogP contribution in [0, 0.1) is 0 Å². The molecule has 1 aliphatic rings. The average Bonchev–Trinajstić information content (AvgIpc) is 3.73. The monoisotopic (exact) mass is 607 g/mol. The van der Waals surface area contributed by atoms with Gasteiger partial charge in [-0.2, -0.15) is 0 Å². The lowest BCUT2D eigenvalue weighted by Gasteiger charge is -2.29. The number of anilines is 3. The lowest BCUT2D eigenvalue weighted by atomic mass is 9.82. The Morgan fingerprint density at radius 3 is 2.22 bits per heavy atom. The van der Waals surface area contributed by atoms with Crippen LogP contribution in [0.25, 0.3) is 64.0 Å². The summed E-state index contributed by atoms with van der Waals surface area (Å²) >= 11 is 1.86. The molecule has 0 radical (unpaired) electrons. The molecular weight excluding hydrogens is 579 g/mol. The second kappa shape index (κ2) is 9.32. The predicted molar refractivity (Wildman–Crippen MR) is 196 cm³/mol. The lowest BCUT2D eigenvalue weighted by Crippen LogP contribution is -2.16. The van der Waals surface area contributed by atoms with Gasteiger partial charge in [-0.3, -0.25) is 0 Å². The van der Waals surface area contributed by atoms with Crippen molar-refractivity contribution in [2.75, 3.05) is 4.90 Å². The summed E-state index contributed by atoms with van der Waals surface area (Å²) in [5.74, 6) is 0. The van der Waals surface area contributed by atoms with Crippen molar-refractivity contribution in [1.82, 2.24) is 0 Å². The molecule has 0 saturated carbocycles. The van der Waals surface area contributed by atoms with E-state index in [1.807, 2.05) is 17.4 Å². The van der Waals surface area contributed by atoms with Gasteiger partial charge in [0.05, 0.1) is 5.69 Å². The van der Waals surface area contributed by atoms with E-state index in [2.05, 4.69) is 152 Å². The first-order valence-corrected chi connectivity index (χ1v) is 16.7. The Morgan fingerprint density at radius 1 is 0.543 bits per heavy atom. The van der Waals surface area contributed by atoms with Gasteiger partial charge in [0.1, 0.15) is 11.2 Å². The molecule has 0 unspecified atom stereocenters. The van der Waals surface area contributed by atoms with Gasteiger partial charge in [0.25, 0.3) is 0 Å². The first kappa shape index (κ1) is 25.9. The highest BCUT2D eigenvalue weighted by Gasteiger charge is 2.37. The summed E-state index contributed by atoms with van der Waals surface area (Å²) in [6.07, 6.45) is 0. The molecule has 0 amide bonds. The number of furan rings is 1. The van der Waals surface area contributed by atoms with Crippen LogP contribution in [0.4, 0.5) is 17.1 Å². The fourth-order valence-electron chi connectivity index (χ4n) is 7.88. The van der Waals surface area contributed by atoms with E-state index in [4.69, 9.17) is 4.42 Å².